The van der Waals surface area contributed by atoms with Crippen LogP contribution in [0.4, 0.5) is 5.95 Å². The highest BCUT2D eigenvalue weighted by Gasteiger charge is 2.19. The number of hydrogen-bond donors (Lipinski definition) is 2. The summed E-state index contributed by atoms with van der Waals surface area (Å²) in [5.41, 5.74) is 2.77. The molecular formula is C15H15N3O3. The number of para-hydroxylation sites is 1. The molecule has 108 valence electrons. The predicted molar refractivity (Wildman–Crippen MR) is 77.2 cm³/mol. The van der Waals surface area contributed by atoms with Gasteiger partial charge in [0.2, 0.25) is 5.95 Å². The number of nitrogens with one attached hydrogen (secondary N) is 1. The minimum absolute atomic E-state index is 0.134. The van der Waals surface area contributed by atoms with Crippen molar-refractivity contribution < 1.29 is 14.6 Å². The summed E-state index contributed by atoms with van der Waals surface area (Å²) in [6.45, 7) is 0.995. The highest BCUT2D eigenvalue weighted by molar-refractivity contribution is 5.72. The van der Waals surface area contributed by atoms with E-state index in [4.69, 9.17) is 9.84 Å². The smallest absolute Gasteiger partial charge is 0.303 e. The molecule has 0 saturated heterocycles. The van der Waals surface area contributed by atoms with Crippen molar-refractivity contribution in [2.75, 3.05) is 11.9 Å². The Bertz CT molecular complexity index is 673. The van der Waals surface area contributed by atoms with E-state index >= 15 is 0 Å². The zero-order valence-electron chi connectivity index (χ0n) is 11.4. The van der Waals surface area contributed by atoms with Crippen molar-refractivity contribution in [1.29, 1.82) is 0 Å². The van der Waals surface area contributed by atoms with Crippen LogP contribution in [0.15, 0.2) is 30.5 Å². The number of carboxylic acids is 1. The summed E-state index contributed by atoms with van der Waals surface area (Å²) in [5.74, 6) is 0.533. The maximum absolute atomic E-state index is 10.5. The van der Waals surface area contributed by atoms with Gasteiger partial charge in [-0.3, -0.25) is 4.79 Å². The normalized spacial score (nSPS) is 12.0. The van der Waals surface area contributed by atoms with Gasteiger partial charge in [0.1, 0.15) is 12.4 Å². The number of hydrogen-bond acceptors (Lipinski definition) is 5. The van der Waals surface area contributed by atoms with Gasteiger partial charge in [0, 0.05) is 30.3 Å². The second kappa shape index (κ2) is 5.78. The van der Waals surface area contributed by atoms with Crippen LogP contribution in [0.3, 0.4) is 0 Å². The fourth-order valence-electron chi connectivity index (χ4n) is 2.21. The van der Waals surface area contributed by atoms with E-state index in [1.165, 1.54) is 0 Å². The predicted octanol–water partition coefficient (Wildman–Crippen LogP) is 2.31. The van der Waals surface area contributed by atoms with Gasteiger partial charge >= 0.3 is 5.97 Å². The van der Waals surface area contributed by atoms with Gasteiger partial charge in [-0.1, -0.05) is 12.1 Å². The van der Waals surface area contributed by atoms with Crippen LogP contribution in [0.25, 0.3) is 11.3 Å². The molecule has 1 aromatic carbocycles. The first-order valence-corrected chi connectivity index (χ1v) is 6.78. The second-order valence-corrected chi connectivity index (χ2v) is 4.78. The molecule has 21 heavy (non-hydrogen) atoms. The van der Waals surface area contributed by atoms with E-state index in [2.05, 4.69) is 15.3 Å². The zero-order chi connectivity index (χ0) is 14.7. The zero-order valence-corrected chi connectivity index (χ0v) is 11.4. The summed E-state index contributed by atoms with van der Waals surface area (Å²) in [6.07, 6.45) is 2.42. The first-order valence-electron chi connectivity index (χ1n) is 6.78. The Hall–Kier alpha value is -2.63. The summed E-state index contributed by atoms with van der Waals surface area (Å²) >= 11 is 0. The molecule has 2 heterocycles. The van der Waals surface area contributed by atoms with Crippen LogP contribution >= 0.6 is 0 Å². The lowest BCUT2D eigenvalue weighted by Crippen LogP contribution is -2.12. The van der Waals surface area contributed by atoms with Crippen molar-refractivity contribution in [3.05, 3.63) is 36.0 Å². The topological polar surface area (TPSA) is 84.3 Å². The second-order valence-electron chi connectivity index (χ2n) is 4.78. The minimum atomic E-state index is -0.797. The Morgan fingerprint density at radius 1 is 1.38 bits per heavy atom. The molecule has 6 nitrogen and oxygen atoms in total. The molecule has 2 aromatic rings. The van der Waals surface area contributed by atoms with Crippen LogP contribution in [-0.2, 0) is 11.4 Å². The molecule has 3 rings (SSSR count). The third-order valence-corrected chi connectivity index (χ3v) is 3.24. The summed E-state index contributed by atoms with van der Waals surface area (Å²) in [5, 5.41) is 11.7. The Labute approximate surface area is 121 Å². The van der Waals surface area contributed by atoms with Crippen LogP contribution in [-0.4, -0.2) is 27.6 Å². The Morgan fingerprint density at radius 2 is 2.24 bits per heavy atom. The summed E-state index contributed by atoms with van der Waals surface area (Å²) in [6, 6.07) is 7.75. The summed E-state index contributed by atoms with van der Waals surface area (Å²) in [4.78, 5) is 19.2. The Balaban J connectivity index is 1.77. The van der Waals surface area contributed by atoms with E-state index in [-0.39, 0.29) is 6.42 Å². The fraction of sp³-hybridized carbons (Fsp3) is 0.267. The van der Waals surface area contributed by atoms with Gasteiger partial charge in [0.15, 0.2) is 0 Å². The number of carboxylic acid groups (broad SMARTS) is 1. The SMILES string of the molecule is O=C(O)CCCNc1ncc2c(n1)-c1ccccc1OC2. The van der Waals surface area contributed by atoms with Gasteiger partial charge in [-0.15, -0.1) is 0 Å². The van der Waals surface area contributed by atoms with E-state index in [0.717, 1.165) is 22.6 Å². The van der Waals surface area contributed by atoms with Crippen molar-refractivity contribution >= 4 is 11.9 Å². The van der Waals surface area contributed by atoms with Gasteiger partial charge in [0.05, 0.1) is 5.69 Å². The number of fused-ring (bicyclic) bond motifs is 3. The molecule has 6 heteroatoms. The lowest BCUT2D eigenvalue weighted by Gasteiger charge is -2.19. The van der Waals surface area contributed by atoms with Crippen molar-refractivity contribution in [2.45, 2.75) is 19.4 Å². The van der Waals surface area contributed by atoms with E-state index in [1.54, 1.807) is 6.20 Å². The molecular weight excluding hydrogens is 270 g/mol. The standard InChI is InChI=1S/C15H15N3O3/c19-13(20)6-3-7-16-15-17-8-10-9-21-12-5-2-1-4-11(12)14(10)18-15/h1-2,4-5,8H,3,6-7,9H2,(H,19,20)(H,16,17,18). The van der Waals surface area contributed by atoms with Crippen molar-refractivity contribution in [2.24, 2.45) is 0 Å². The molecule has 1 aliphatic heterocycles. The maximum atomic E-state index is 10.5. The molecule has 1 aromatic heterocycles. The van der Waals surface area contributed by atoms with Crippen LogP contribution in [0.5, 0.6) is 5.75 Å². The number of carbonyl (C=O) groups is 1. The average molecular weight is 285 g/mol. The van der Waals surface area contributed by atoms with Gasteiger partial charge in [-0.2, -0.15) is 0 Å². The molecule has 1 aliphatic rings. The first-order chi connectivity index (χ1) is 10.2. The van der Waals surface area contributed by atoms with E-state index in [1.807, 2.05) is 24.3 Å². The highest BCUT2D eigenvalue weighted by Crippen LogP contribution is 2.35. The Kier molecular flexibility index (Phi) is 3.68. The maximum Gasteiger partial charge on any atom is 0.303 e. The largest absolute Gasteiger partial charge is 0.488 e. The number of anilines is 1. The van der Waals surface area contributed by atoms with Crippen LogP contribution < -0.4 is 10.1 Å². The van der Waals surface area contributed by atoms with Crippen molar-refractivity contribution in [1.82, 2.24) is 9.97 Å². The molecule has 0 aliphatic carbocycles. The van der Waals surface area contributed by atoms with Crippen LogP contribution in [0.1, 0.15) is 18.4 Å². The molecule has 0 radical (unpaired) electrons. The third kappa shape index (κ3) is 2.94. The monoisotopic (exact) mass is 285 g/mol. The summed E-state index contributed by atoms with van der Waals surface area (Å²) < 4.78 is 5.65. The molecule has 2 N–H and O–H groups in total. The molecule has 0 bridgehead atoms. The molecule has 0 unspecified atom stereocenters. The number of rotatable bonds is 5. The highest BCUT2D eigenvalue weighted by atomic mass is 16.5. The number of benzene rings is 1. The lowest BCUT2D eigenvalue weighted by molar-refractivity contribution is -0.137. The van der Waals surface area contributed by atoms with Gasteiger partial charge in [-0.25, -0.2) is 9.97 Å². The molecule has 0 atom stereocenters. The van der Waals surface area contributed by atoms with Gasteiger partial charge in [-0.05, 0) is 18.6 Å². The number of aliphatic carboxylic acids is 1. The lowest BCUT2D eigenvalue weighted by atomic mass is 10.0. The minimum Gasteiger partial charge on any atom is -0.488 e. The summed E-state index contributed by atoms with van der Waals surface area (Å²) in [7, 11) is 0. The van der Waals surface area contributed by atoms with Gasteiger partial charge in [0.25, 0.3) is 0 Å². The number of nitrogens with zero attached hydrogens (tertiary/aromatic N) is 2. The van der Waals surface area contributed by atoms with E-state index < -0.39 is 5.97 Å². The molecule has 0 spiro atoms. The van der Waals surface area contributed by atoms with E-state index in [0.29, 0.717) is 25.5 Å². The van der Waals surface area contributed by atoms with Gasteiger partial charge < -0.3 is 15.2 Å². The van der Waals surface area contributed by atoms with Crippen LogP contribution in [0.2, 0.25) is 0 Å². The van der Waals surface area contributed by atoms with Crippen LogP contribution in [0, 0.1) is 0 Å². The first kappa shape index (κ1) is 13.4. The molecule has 0 amide bonds. The van der Waals surface area contributed by atoms with E-state index in [9.17, 15) is 4.79 Å². The third-order valence-electron chi connectivity index (χ3n) is 3.24. The quantitative estimate of drug-likeness (QED) is 0.820. The number of ether oxygens (including phenoxy) is 1. The van der Waals surface area contributed by atoms with Crippen molar-refractivity contribution in [3.8, 4) is 17.0 Å². The number of aromatic nitrogens is 2. The average Bonchev–Trinajstić information content (AvgIpc) is 2.51. The van der Waals surface area contributed by atoms with Crippen molar-refractivity contribution in [3.63, 3.8) is 0 Å². The molecule has 0 fully saturated rings. The molecule has 0 saturated carbocycles. The Morgan fingerprint density at radius 3 is 3.10 bits per heavy atom. The fourth-order valence-corrected chi connectivity index (χ4v) is 2.21.